The first-order chi connectivity index (χ1) is 8.97. The van der Waals surface area contributed by atoms with Gasteiger partial charge in [0.25, 0.3) is 5.91 Å². The summed E-state index contributed by atoms with van der Waals surface area (Å²) in [4.78, 5) is 12.1. The largest absolute Gasteiger partial charge is 0.398 e. The molecule has 2 aromatic rings. The molecule has 0 saturated carbocycles. The van der Waals surface area contributed by atoms with Crippen LogP contribution in [0.4, 0.5) is 11.4 Å². The molecule has 2 aromatic carbocycles. The van der Waals surface area contributed by atoms with Crippen molar-refractivity contribution in [2.24, 2.45) is 0 Å². The molecule has 0 saturated heterocycles. The number of hydrogen-bond donors (Lipinski definition) is 2. The Morgan fingerprint density at radius 3 is 2.37 bits per heavy atom. The van der Waals surface area contributed by atoms with E-state index < -0.39 is 0 Å². The topological polar surface area (TPSA) is 55.1 Å². The van der Waals surface area contributed by atoms with Crippen LogP contribution in [0, 0.1) is 6.92 Å². The summed E-state index contributed by atoms with van der Waals surface area (Å²) in [5, 5.41) is 3.83. The van der Waals surface area contributed by atoms with Crippen LogP contribution in [0.1, 0.15) is 15.9 Å². The molecule has 5 heteroatoms. The van der Waals surface area contributed by atoms with Gasteiger partial charge in [0, 0.05) is 21.4 Å². The highest BCUT2D eigenvalue weighted by atomic mass is 35.5. The van der Waals surface area contributed by atoms with E-state index in [2.05, 4.69) is 5.32 Å². The number of anilines is 2. The number of benzene rings is 2. The Hall–Kier alpha value is -1.71. The number of nitrogens with two attached hydrogens (primary N) is 1. The Balaban J connectivity index is 2.27. The van der Waals surface area contributed by atoms with Gasteiger partial charge in [-0.3, -0.25) is 4.79 Å². The van der Waals surface area contributed by atoms with Crippen LogP contribution in [0.25, 0.3) is 0 Å². The highest BCUT2D eigenvalue weighted by molar-refractivity contribution is 6.31. The molecule has 0 aromatic heterocycles. The van der Waals surface area contributed by atoms with Gasteiger partial charge in [0.2, 0.25) is 0 Å². The lowest BCUT2D eigenvalue weighted by Crippen LogP contribution is -2.14. The number of halogens is 2. The van der Waals surface area contributed by atoms with E-state index in [0.717, 1.165) is 5.56 Å². The number of carbonyl (C=O) groups is 1. The summed E-state index contributed by atoms with van der Waals surface area (Å²) in [7, 11) is 0. The third kappa shape index (κ3) is 3.19. The molecule has 3 N–H and O–H groups in total. The predicted octanol–water partition coefficient (Wildman–Crippen LogP) is 4.14. The molecule has 1 amide bonds. The van der Waals surface area contributed by atoms with E-state index in [1.165, 1.54) is 0 Å². The molecule has 98 valence electrons. The number of amides is 1. The van der Waals surface area contributed by atoms with Crippen molar-refractivity contribution in [3.63, 3.8) is 0 Å². The van der Waals surface area contributed by atoms with Crippen LogP contribution in [0.3, 0.4) is 0 Å². The second kappa shape index (κ2) is 5.51. The lowest BCUT2D eigenvalue weighted by molar-refractivity contribution is 0.102. The zero-order valence-electron chi connectivity index (χ0n) is 10.2. The zero-order chi connectivity index (χ0) is 14.0. The molecule has 0 heterocycles. The molecule has 2 rings (SSSR count). The van der Waals surface area contributed by atoms with Gasteiger partial charge in [0.15, 0.2) is 0 Å². The molecule has 0 bridgehead atoms. The van der Waals surface area contributed by atoms with Crippen molar-refractivity contribution in [1.82, 2.24) is 0 Å². The van der Waals surface area contributed by atoms with Crippen LogP contribution in [-0.4, -0.2) is 5.91 Å². The van der Waals surface area contributed by atoms with Crippen LogP contribution >= 0.6 is 23.2 Å². The maximum Gasteiger partial charge on any atom is 0.257 e. The Morgan fingerprint density at radius 2 is 1.74 bits per heavy atom. The minimum Gasteiger partial charge on any atom is -0.398 e. The lowest BCUT2D eigenvalue weighted by Gasteiger charge is -2.10. The summed E-state index contributed by atoms with van der Waals surface area (Å²) in [5.74, 6) is -0.301. The van der Waals surface area contributed by atoms with Crippen molar-refractivity contribution in [3.8, 4) is 0 Å². The highest BCUT2D eigenvalue weighted by Gasteiger charge is 2.12. The molecule has 0 fully saturated rings. The minimum absolute atomic E-state index is 0.301. The second-order valence-corrected chi connectivity index (χ2v) is 5.02. The SMILES string of the molecule is Cc1cc(Cl)cc(C(=O)Nc2ccc(Cl)cc2)c1N. The molecule has 19 heavy (non-hydrogen) atoms. The average molecular weight is 295 g/mol. The molecule has 0 aliphatic heterocycles. The van der Waals surface area contributed by atoms with Crippen LogP contribution in [0.15, 0.2) is 36.4 Å². The Morgan fingerprint density at radius 1 is 1.11 bits per heavy atom. The predicted molar refractivity (Wildman–Crippen MR) is 80.0 cm³/mol. The maximum atomic E-state index is 12.1. The van der Waals surface area contributed by atoms with Gasteiger partial charge in [-0.15, -0.1) is 0 Å². The van der Waals surface area contributed by atoms with Gasteiger partial charge in [0.05, 0.1) is 5.56 Å². The van der Waals surface area contributed by atoms with E-state index in [4.69, 9.17) is 28.9 Å². The molecular weight excluding hydrogens is 283 g/mol. The van der Waals surface area contributed by atoms with E-state index in [0.29, 0.717) is 27.0 Å². The van der Waals surface area contributed by atoms with Gasteiger partial charge in [-0.1, -0.05) is 23.2 Å². The van der Waals surface area contributed by atoms with Gasteiger partial charge in [0.1, 0.15) is 0 Å². The van der Waals surface area contributed by atoms with Crippen molar-refractivity contribution in [1.29, 1.82) is 0 Å². The fraction of sp³-hybridized carbons (Fsp3) is 0.0714. The molecule has 0 atom stereocenters. The van der Waals surface area contributed by atoms with E-state index in [1.54, 1.807) is 43.3 Å². The molecule has 0 spiro atoms. The van der Waals surface area contributed by atoms with E-state index >= 15 is 0 Å². The highest BCUT2D eigenvalue weighted by Crippen LogP contribution is 2.24. The summed E-state index contributed by atoms with van der Waals surface area (Å²) in [6.45, 7) is 1.81. The third-order valence-electron chi connectivity index (χ3n) is 2.70. The quantitative estimate of drug-likeness (QED) is 0.818. The normalized spacial score (nSPS) is 10.3. The van der Waals surface area contributed by atoms with Crippen LogP contribution in [0.5, 0.6) is 0 Å². The van der Waals surface area contributed by atoms with Crippen LogP contribution < -0.4 is 11.1 Å². The number of carbonyl (C=O) groups excluding carboxylic acids is 1. The molecule has 0 radical (unpaired) electrons. The first kappa shape index (κ1) is 13.7. The first-order valence-electron chi connectivity index (χ1n) is 5.60. The summed E-state index contributed by atoms with van der Waals surface area (Å²) in [6.07, 6.45) is 0. The smallest absolute Gasteiger partial charge is 0.257 e. The third-order valence-corrected chi connectivity index (χ3v) is 3.17. The summed E-state index contributed by atoms with van der Waals surface area (Å²) >= 11 is 11.7. The minimum atomic E-state index is -0.301. The average Bonchev–Trinajstić information content (AvgIpc) is 2.36. The van der Waals surface area contributed by atoms with Crippen molar-refractivity contribution in [2.75, 3.05) is 11.1 Å². The Bertz CT molecular complexity index is 624. The number of nitrogen functional groups attached to an aromatic ring is 1. The summed E-state index contributed by atoms with van der Waals surface area (Å²) < 4.78 is 0. The number of hydrogen-bond acceptors (Lipinski definition) is 2. The van der Waals surface area contributed by atoms with Crippen LogP contribution in [0.2, 0.25) is 10.0 Å². The van der Waals surface area contributed by atoms with Crippen molar-refractivity contribution >= 4 is 40.5 Å². The molecule has 0 aliphatic carbocycles. The van der Waals surface area contributed by atoms with E-state index in [-0.39, 0.29) is 5.91 Å². The monoisotopic (exact) mass is 294 g/mol. The zero-order valence-corrected chi connectivity index (χ0v) is 11.7. The van der Waals surface area contributed by atoms with Crippen molar-refractivity contribution in [2.45, 2.75) is 6.92 Å². The first-order valence-corrected chi connectivity index (χ1v) is 6.35. The fourth-order valence-electron chi connectivity index (χ4n) is 1.67. The van der Waals surface area contributed by atoms with E-state index in [9.17, 15) is 4.79 Å². The van der Waals surface area contributed by atoms with Crippen molar-refractivity contribution < 1.29 is 4.79 Å². The Labute approximate surface area is 121 Å². The molecular formula is C14H12Cl2N2O. The van der Waals surface area contributed by atoms with E-state index in [1.807, 2.05) is 0 Å². The van der Waals surface area contributed by atoms with Gasteiger partial charge in [-0.05, 0) is 48.9 Å². The van der Waals surface area contributed by atoms with Gasteiger partial charge < -0.3 is 11.1 Å². The van der Waals surface area contributed by atoms with Gasteiger partial charge >= 0.3 is 0 Å². The standard InChI is InChI=1S/C14H12Cl2N2O/c1-8-6-10(16)7-12(13(8)17)14(19)18-11-4-2-9(15)3-5-11/h2-7H,17H2,1H3,(H,18,19). The van der Waals surface area contributed by atoms with Gasteiger partial charge in [-0.25, -0.2) is 0 Å². The summed E-state index contributed by atoms with van der Waals surface area (Å²) in [5.41, 5.74) is 8.09. The molecule has 0 unspecified atom stereocenters. The number of aryl methyl sites for hydroxylation is 1. The summed E-state index contributed by atoms with van der Waals surface area (Å²) in [6, 6.07) is 10.1. The fourth-order valence-corrected chi connectivity index (χ4v) is 2.07. The van der Waals surface area contributed by atoms with Gasteiger partial charge in [-0.2, -0.15) is 0 Å². The van der Waals surface area contributed by atoms with Crippen LogP contribution in [-0.2, 0) is 0 Å². The lowest BCUT2D eigenvalue weighted by atomic mass is 10.1. The Kier molecular flexibility index (Phi) is 3.98. The molecule has 3 nitrogen and oxygen atoms in total. The molecule has 0 aliphatic rings. The number of rotatable bonds is 2. The second-order valence-electron chi connectivity index (χ2n) is 4.14. The number of nitrogens with one attached hydrogen (secondary N) is 1. The van der Waals surface area contributed by atoms with Crippen molar-refractivity contribution in [3.05, 3.63) is 57.6 Å². The maximum absolute atomic E-state index is 12.1.